The van der Waals surface area contributed by atoms with Gasteiger partial charge < -0.3 is 10.4 Å². The normalized spacial score (nSPS) is 12.8. The second kappa shape index (κ2) is 5.67. The van der Waals surface area contributed by atoms with Crippen molar-refractivity contribution in [2.75, 3.05) is 13.2 Å². The lowest BCUT2D eigenvalue weighted by atomic mass is 10.2. The summed E-state index contributed by atoms with van der Waals surface area (Å²) in [6, 6.07) is 6.33. The number of nitrogens with two attached hydrogens (primary N) is 1. The number of aliphatic hydroxyl groups excluding tert-OH is 1. The van der Waals surface area contributed by atoms with Crippen LogP contribution in [0.3, 0.4) is 0 Å². The SMILES string of the molecule is C[C@H]([NH2+]CCCO)c1ccccn1. The Balaban J connectivity index is 2.35. The van der Waals surface area contributed by atoms with Crippen LogP contribution in [0.2, 0.25) is 0 Å². The van der Waals surface area contributed by atoms with Crippen molar-refractivity contribution in [3.05, 3.63) is 30.1 Å². The van der Waals surface area contributed by atoms with Crippen LogP contribution in [0.1, 0.15) is 25.1 Å². The zero-order chi connectivity index (χ0) is 9.52. The summed E-state index contributed by atoms with van der Waals surface area (Å²) in [6.07, 6.45) is 2.66. The maximum Gasteiger partial charge on any atom is 0.126 e. The molecule has 72 valence electrons. The summed E-state index contributed by atoms with van der Waals surface area (Å²) in [5, 5.41) is 10.8. The minimum atomic E-state index is 0.269. The molecule has 1 rings (SSSR count). The van der Waals surface area contributed by atoms with Crippen molar-refractivity contribution in [3.8, 4) is 0 Å². The van der Waals surface area contributed by atoms with Gasteiger partial charge in [-0.2, -0.15) is 0 Å². The molecule has 0 aromatic carbocycles. The van der Waals surface area contributed by atoms with Crippen molar-refractivity contribution in [2.45, 2.75) is 19.4 Å². The highest BCUT2D eigenvalue weighted by Crippen LogP contribution is 2.01. The van der Waals surface area contributed by atoms with Crippen molar-refractivity contribution in [2.24, 2.45) is 0 Å². The first-order valence-corrected chi connectivity index (χ1v) is 4.69. The number of aromatic nitrogens is 1. The molecule has 1 aromatic heterocycles. The van der Waals surface area contributed by atoms with E-state index in [0.29, 0.717) is 6.04 Å². The van der Waals surface area contributed by atoms with Crippen LogP contribution in [0.25, 0.3) is 0 Å². The van der Waals surface area contributed by atoms with E-state index in [9.17, 15) is 0 Å². The van der Waals surface area contributed by atoms with Crippen molar-refractivity contribution >= 4 is 0 Å². The molecule has 0 saturated carbocycles. The van der Waals surface area contributed by atoms with E-state index < -0.39 is 0 Å². The van der Waals surface area contributed by atoms with Gasteiger partial charge in [-0.1, -0.05) is 6.07 Å². The average Bonchev–Trinajstić information content (AvgIpc) is 2.19. The third kappa shape index (κ3) is 3.53. The van der Waals surface area contributed by atoms with Gasteiger partial charge in [-0.05, 0) is 19.1 Å². The number of nitrogens with zero attached hydrogens (tertiary/aromatic N) is 1. The van der Waals surface area contributed by atoms with Gasteiger partial charge in [0.1, 0.15) is 6.04 Å². The van der Waals surface area contributed by atoms with Gasteiger partial charge in [0.05, 0.1) is 12.2 Å². The molecule has 1 heterocycles. The fourth-order valence-electron chi connectivity index (χ4n) is 1.23. The molecule has 1 aromatic rings. The molecule has 0 aliphatic heterocycles. The fraction of sp³-hybridized carbons (Fsp3) is 0.500. The maximum atomic E-state index is 8.61. The molecule has 3 heteroatoms. The molecule has 13 heavy (non-hydrogen) atoms. The van der Waals surface area contributed by atoms with Crippen LogP contribution < -0.4 is 5.32 Å². The number of rotatable bonds is 5. The van der Waals surface area contributed by atoms with E-state index in [1.54, 1.807) is 0 Å². The minimum Gasteiger partial charge on any atom is -0.396 e. The fourth-order valence-corrected chi connectivity index (χ4v) is 1.23. The quantitative estimate of drug-likeness (QED) is 0.632. The third-order valence-corrected chi connectivity index (χ3v) is 2.04. The Bertz CT molecular complexity index is 226. The lowest BCUT2D eigenvalue weighted by molar-refractivity contribution is -0.693. The van der Waals surface area contributed by atoms with Crippen LogP contribution in [0.4, 0.5) is 0 Å². The zero-order valence-corrected chi connectivity index (χ0v) is 7.98. The first-order valence-electron chi connectivity index (χ1n) is 4.69. The van der Waals surface area contributed by atoms with Crippen LogP contribution in [-0.4, -0.2) is 23.2 Å². The molecule has 0 bridgehead atoms. The summed E-state index contributed by atoms with van der Waals surface area (Å²) in [5.41, 5.74) is 1.10. The summed E-state index contributed by atoms with van der Waals surface area (Å²) >= 11 is 0. The number of quaternary nitrogens is 1. The van der Waals surface area contributed by atoms with Gasteiger partial charge in [0, 0.05) is 19.2 Å². The van der Waals surface area contributed by atoms with Crippen molar-refractivity contribution in [1.29, 1.82) is 0 Å². The molecule has 0 aliphatic carbocycles. The Hall–Kier alpha value is -0.930. The lowest BCUT2D eigenvalue weighted by Crippen LogP contribution is -2.84. The van der Waals surface area contributed by atoms with Crippen LogP contribution in [0.5, 0.6) is 0 Å². The van der Waals surface area contributed by atoms with Crippen LogP contribution in [-0.2, 0) is 0 Å². The highest BCUT2D eigenvalue weighted by molar-refractivity contribution is 5.05. The van der Waals surface area contributed by atoms with Crippen LogP contribution >= 0.6 is 0 Å². The Morgan fingerprint density at radius 3 is 3.00 bits per heavy atom. The Labute approximate surface area is 78.8 Å². The molecule has 0 aliphatic rings. The summed E-state index contributed by atoms with van der Waals surface area (Å²) in [6.45, 7) is 3.35. The molecule has 0 radical (unpaired) electrons. The Kier molecular flexibility index (Phi) is 4.43. The molecule has 0 unspecified atom stereocenters. The van der Waals surface area contributed by atoms with E-state index in [0.717, 1.165) is 18.7 Å². The van der Waals surface area contributed by atoms with Gasteiger partial charge in [-0.25, -0.2) is 0 Å². The van der Waals surface area contributed by atoms with Gasteiger partial charge in [0.25, 0.3) is 0 Å². The highest BCUT2D eigenvalue weighted by Gasteiger charge is 2.07. The molecule has 0 fully saturated rings. The molecule has 1 atom stereocenters. The Morgan fingerprint density at radius 2 is 2.38 bits per heavy atom. The van der Waals surface area contributed by atoms with Gasteiger partial charge in [-0.3, -0.25) is 4.98 Å². The summed E-state index contributed by atoms with van der Waals surface area (Å²) in [5.74, 6) is 0. The summed E-state index contributed by atoms with van der Waals surface area (Å²) in [4.78, 5) is 4.26. The molecule has 3 nitrogen and oxygen atoms in total. The first-order chi connectivity index (χ1) is 6.34. The van der Waals surface area contributed by atoms with E-state index in [1.165, 1.54) is 0 Å². The monoisotopic (exact) mass is 181 g/mol. The molecule has 0 amide bonds. The second-order valence-corrected chi connectivity index (χ2v) is 3.14. The van der Waals surface area contributed by atoms with Gasteiger partial charge >= 0.3 is 0 Å². The smallest absolute Gasteiger partial charge is 0.126 e. The molecular formula is C10H17N2O+. The third-order valence-electron chi connectivity index (χ3n) is 2.04. The van der Waals surface area contributed by atoms with Crippen molar-refractivity contribution in [1.82, 2.24) is 4.98 Å². The number of aliphatic hydroxyl groups is 1. The van der Waals surface area contributed by atoms with Gasteiger partial charge in [0.2, 0.25) is 0 Å². The standard InChI is InChI=1S/C10H16N2O/c1-9(11-7-4-8-13)10-5-2-3-6-12-10/h2-3,5-6,9,11,13H,4,7-8H2,1H3/p+1/t9-/m0/s1. The highest BCUT2D eigenvalue weighted by atomic mass is 16.3. The van der Waals surface area contributed by atoms with E-state index in [1.807, 2.05) is 24.4 Å². The molecule has 3 N–H and O–H groups in total. The number of hydrogen-bond acceptors (Lipinski definition) is 2. The van der Waals surface area contributed by atoms with Crippen molar-refractivity contribution in [3.63, 3.8) is 0 Å². The van der Waals surface area contributed by atoms with Gasteiger partial charge in [-0.15, -0.1) is 0 Å². The summed E-state index contributed by atoms with van der Waals surface area (Å²) in [7, 11) is 0. The van der Waals surface area contributed by atoms with E-state index in [4.69, 9.17) is 5.11 Å². The van der Waals surface area contributed by atoms with Crippen LogP contribution in [0, 0.1) is 0 Å². The van der Waals surface area contributed by atoms with Gasteiger partial charge in [0.15, 0.2) is 0 Å². The molecular weight excluding hydrogens is 164 g/mol. The second-order valence-electron chi connectivity index (χ2n) is 3.14. The molecule has 0 spiro atoms. The topological polar surface area (TPSA) is 49.7 Å². The maximum absolute atomic E-state index is 8.61. The minimum absolute atomic E-state index is 0.269. The predicted molar refractivity (Wildman–Crippen MR) is 51.1 cm³/mol. The predicted octanol–water partition coefficient (Wildman–Crippen LogP) is 0.0884. The lowest BCUT2D eigenvalue weighted by Gasteiger charge is -2.08. The zero-order valence-electron chi connectivity index (χ0n) is 7.98. The van der Waals surface area contributed by atoms with E-state index in [2.05, 4.69) is 17.2 Å². The largest absolute Gasteiger partial charge is 0.396 e. The summed E-state index contributed by atoms with van der Waals surface area (Å²) < 4.78 is 0. The average molecular weight is 181 g/mol. The van der Waals surface area contributed by atoms with Crippen LogP contribution in [0.15, 0.2) is 24.4 Å². The van der Waals surface area contributed by atoms with Crippen molar-refractivity contribution < 1.29 is 10.4 Å². The van der Waals surface area contributed by atoms with E-state index in [-0.39, 0.29) is 6.61 Å². The first kappa shape index (κ1) is 10.2. The molecule has 0 saturated heterocycles. The number of pyridine rings is 1. The number of hydrogen-bond donors (Lipinski definition) is 2. The van der Waals surface area contributed by atoms with E-state index >= 15 is 0 Å². The Morgan fingerprint density at radius 1 is 1.54 bits per heavy atom.